The van der Waals surface area contributed by atoms with Crippen molar-refractivity contribution in [3.8, 4) is 5.75 Å². The molecule has 0 bridgehead atoms. The zero-order valence-electron chi connectivity index (χ0n) is 21.1. The third kappa shape index (κ3) is 7.82. The van der Waals surface area contributed by atoms with Gasteiger partial charge in [-0.25, -0.2) is 4.39 Å². The Bertz CT molecular complexity index is 1200. The summed E-state index contributed by atoms with van der Waals surface area (Å²) in [6.45, 7) is 2.62. The number of piperidine rings is 1. The number of thioether (sulfide) groups is 1. The van der Waals surface area contributed by atoms with Crippen LogP contribution in [0, 0.1) is 11.8 Å². The number of ether oxygens (including phenoxy) is 1. The highest BCUT2D eigenvalue weighted by Crippen LogP contribution is 2.36. The number of likely N-dealkylation sites (tertiary alicyclic amines) is 1. The summed E-state index contributed by atoms with van der Waals surface area (Å²) < 4.78 is 20.8. The van der Waals surface area contributed by atoms with E-state index < -0.39 is 12.1 Å². The van der Waals surface area contributed by atoms with Gasteiger partial charge in [0.2, 0.25) is 0 Å². The lowest BCUT2D eigenvalue weighted by Gasteiger charge is -2.38. The van der Waals surface area contributed by atoms with Gasteiger partial charge in [-0.2, -0.15) is 0 Å². The number of aromatic nitrogens is 1. The Morgan fingerprint density at radius 1 is 1.27 bits per heavy atom. The number of carboxylic acid groups (broad SMARTS) is 1. The fraction of sp³-hybridized carbons (Fsp3) is 0.448. The Morgan fingerprint density at radius 2 is 2.14 bits per heavy atom. The van der Waals surface area contributed by atoms with Crippen molar-refractivity contribution in [2.45, 2.75) is 43.2 Å². The number of hydrogen-bond acceptors (Lipinski definition) is 5. The monoisotopic (exact) mass is 544 g/mol. The molecule has 0 radical (unpaired) electrons. The van der Waals surface area contributed by atoms with Gasteiger partial charge < -0.3 is 14.7 Å². The minimum absolute atomic E-state index is 0.0355. The first-order valence-corrected chi connectivity index (χ1v) is 14.2. The molecule has 0 unspecified atom stereocenters. The highest BCUT2D eigenvalue weighted by Gasteiger charge is 2.31. The molecule has 37 heavy (non-hydrogen) atoms. The number of pyridine rings is 1. The summed E-state index contributed by atoms with van der Waals surface area (Å²) in [4.78, 5) is 19.5. The molecule has 0 spiro atoms. The fourth-order valence-corrected chi connectivity index (χ4v) is 6.44. The van der Waals surface area contributed by atoms with Crippen molar-refractivity contribution < 1.29 is 19.0 Å². The van der Waals surface area contributed by atoms with E-state index in [-0.39, 0.29) is 18.3 Å². The van der Waals surface area contributed by atoms with Crippen LogP contribution in [0.1, 0.15) is 43.8 Å². The number of halogens is 2. The van der Waals surface area contributed by atoms with Crippen molar-refractivity contribution in [3.05, 3.63) is 65.3 Å². The second-order valence-electron chi connectivity index (χ2n) is 9.69. The maximum atomic E-state index is 15.5. The molecule has 8 heteroatoms. The van der Waals surface area contributed by atoms with Gasteiger partial charge >= 0.3 is 5.97 Å². The SMILES string of the molecule is COc1ccc2nccc([C@@H](F)CC[C@@H]3CCN(CCCSc4cccc(Cl)c4)C[C@@H]3CC(=O)O)c2c1. The lowest BCUT2D eigenvalue weighted by atomic mass is 9.79. The number of nitrogens with zero attached hydrogens (tertiary/aromatic N) is 2. The van der Waals surface area contributed by atoms with Crippen LogP contribution < -0.4 is 4.74 Å². The molecule has 0 aliphatic carbocycles. The highest BCUT2D eigenvalue weighted by molar-refractivity contribution is 7.99. The van der Waals surface area contributed by atoms with Gasteiger partial charge in [-0.05, 0) is 104 Å². The number of methoxy groups -OCH3 is 1. The lowest BCUT2D eigenvalue weighted by Crippen LogP contribution is -2.42. The Morgan fingerprint density at radius 3 is 2.92 bits per heavy atom. The van der Waals surface area contributed by atoms with E-state index in [1.165, 1.54) is 0 Å². The Balaban J connectivity index is 1.31. The van der Waals surface area contributed by atoms with Gasteiger partial charge in [-0.15, -0.1) is 11.8 Å². The molecule has 2 heterocycles. The number of benzene rings is 2. The minimum Gasteiger partial charge on any atom is -0.497 e. The van der Waals surface area contributed by atoms with Crippen LogP contribution in [0.3, 0.4) is 0 Å². The molecule has 5 nitrogen and oxygen atoms in total. The van der Waals surface area contributed by atoms with Crippen molar-refractivity contribution >= 4 is 40.2 Å². The second-order valence-corrected chi connectivity index (χ2v) is 11.3. The first-order chi connectivity index (χ1) is 17.9. The molecule has 1 aromatic heterocycles. The van der Waals surface area contributed by atoms with E-state index >= 15 is 4.39 Å². The topological polar surface area (TPSA) is 62.7 Å². The van der Waals surface area contributed by atoms with E-state index in [0.717, 1.165) is 59.0 Å². The standard InChI is InChI=1S/C29H34ClFN2O3S/c1-36-23-7-9-28-26(18-23)25(10-12-32-28)27(31)8-6-20-11-14-33(19-21(20)16-29(34)35)13-3-15-37-24-5-2-4-22(30)17-24/h2,4-5,7,9-10,12,17-18,20-21,27H,3,6,8,11,13-16,19H2,1H3,(H,34,35)/t20-,21+,27+/m1/s1. The molecule has 3 aromatic rings. The second kappa shape index (κ2) is 13.4. The molecular formula is C29H34ClFN2O3S. The number of fused-ring (bicyclic) bond motifs is 1. The van der Waals surface area contributed by atoms with Crippen LogP contribution in [0.2, 0.25) is 5.02 Å². The van der Waals surface area contributed by atoms with Crippen molar-refractivity contribution in [1.29, 1.82) is 0 Å². The van der Waals surface area contributed by atoms with Crippen LogP contribution >= 0.6 is 23.4 Å². The zero-order valence-corrected chi connectivity index (χ0v) is 22.7. The first-order valence-electron chi connectivity index (χ1n) is 12.8. The van der Waals surface area contributed by atoms with Gasteiger partial charge in [0.1, 0.15) is 11.9 Å². The van der Waals surface area contributed by atoms with Crippen LogP contribution in [-0.2, 0) is 4.79 Å². The average Bonchev–Trinajstić information content (AvgIpc) is 2.89. The largest absolute Gasteiger partial charge is 0.497 e. The van der Waals surface area contributed by atoms with E-state index in [2.05, 4.69) is 16.0 Å². The molecule has 198 valence electrons. The third-order valence-electron chi connectivity index (χ3n) is 7.21. The van der Waals surface area contributed by atoms with E-state index in [0.29, 0.717) is 24.2 Å². The fourth-order valence-electron chi connectivity index (χ4n) is 5.29. The summed E-state index contributed by atoms with van der Waals surface area (Å²) in [5, 5.41) is 11.0. The molecule has 0 saturated carbocycles. The van der Waals surface area contributed by atoms with Crippen molar-refractivity contribution in [1.82, 2.24) is 9.88 Å². The van der Waals surface area contributed by atoms with Gasteiger partial charge in [-0.1, -0.05) is 17.7 Å². The smallest absolute Gasteiger partial charge is 0.303 e. The minimum atomic E-state index is -1.13. The lowest BCUT2D eigenvalue weighted by molar-refractivity contribution is -0.139. The summed E-state index contributed by atoms with van der Waals surface area (Å²) in [6, 6.07) is 15.1. The molecule has 1 saturated heterocycles. The van der Waals surface area contributed by atoms with Gasteiger partial charge in [0.05, 0.1) is 12.6 Å². The maximum absolute atomic E-state index is 15.5. The van der Waals surface area contributed by atoms with Crippen molar-refractivity contribution in [3.63, 3.8) is 0 Å². The van der Waals surface area contributed by atoms with Crippen molar-refractivity contribution in [2.75, 3.05) is 32.5 Å². The molecule has 1 fully saturated rings. The number of carboxylic acids is 1. The quantitative estimate of drug-likeness (QED) is 0.191. The highest BCUT2D eigenvalue weighted by atomic mass is 35.5. The molecule has 1 N–H and O–H groups in total. The van der Waals surface area contributed by atoms with Crippen LogP contribution in [0.5, 0.6) is 5.75 Å². The van der Waals surface area contributed by atoms with Crippen LogP contribution in [-0.4, -0.2) is 53.5 Å². The van der Waals surface area contributed by atoms with Gasteiger partial charge in [-0.3, -0.25) is 9.78 Å². The van der Waals surface area contributed by atoms with Crippen LogP contribution in [0.25, 0.3) is 10.9 Å². The maximum Gasteiger partial charge on any atom is 0.303 e. The summed E-state index contributed by atoms with van der Waals surface area (Å²) in [7, 11) is 1.59. The molecule has 0 amide bonds. The van der Waals surface area contributed by atoms with Gasteiger partial charge in [0.15, 0.2) is 0 Å². The summed E-state index contributed by atoms with van der Waals surface area (Å²) in [5.41, 5.74) is 1.36. The van der Waals surface area contributed by atoms with E-state index in [9.17, 15) is 9.90 Å². The van der Waals surface area contributed by atoms with Gasteiger partial charge in [0, 0.05) is 34.5 Å². The molecule has 2 aromatic carbocycles. The summed E-state index contributed by atoms with van der Waals surface area (Å²) >= 11 is 7.86. The normalized spacial score (nSPS) is 19.1. The van der Waals surface area contributed by atoms with Crippen LogP contribution in [0.15, 0.2) is 59.6 Å². The predicted octanol–water partition coefficient (Wildman–Crippen LogP) is 7.28. The summed E-state index contributed by atoms with van der Waals surface area (Å²) in [6.07, 6.45) is 3.60. The van der Waals surface area contributed by atoms with E-state index in [1.54, 1.807) is 31.1 Å². The number of alkyl halides is 1. The third-order valence-corrected chi connectivity index (χ3v) is 8.52. The number of aliphatic carboxylic acids is 1. The predicted molar refractivity (Wildman–Crippen MR) is 148 cm³/mol. The Labute approximate surface area is 227 Å². The molecule has 1 aliphatic heterocycles. The van der Waals surface area contributed by atoms with E-state index in [4.69, 9.17) is 16.3 Å². The molecule has 1 aliphatic rings. The number of carbonyl (C=O) groups is 1. The molecule has 3 atom stereocenters. The first kappa shape index (κ1) is 27.7. The Kier molecular flexibility index (Phi) is 10.1. The number of hydrogen-bond donors (Lipinski definition) is 1. The Hall–Kier alpha value is -2.35. The average molecular weight is 545 g/mol. The molecule has 4 rings (SSSR count). The van der Waals surface area contributed by atoms with Crippen molar-refractivity contribution in [2.24, 2.45) is 11.8 Å². The molecular weight excluding hydrogens is 511 g/mol. The van der Waals surface area contributed by atoms with Gasteiger partial charge in [0.25, 0.3) is 0 Å². The number of rotatable bonds is 12. The van der Waals surface area contributed by atoms with E-state index in [1.807, 2.05) is 36.4 Å². The zero-order chi connectivity index (χ0) is 26.2. The summed E-state index contributed by atoms with van der Waals surface area (Å²) in [5.74, 6) is 1.12. The van der Waals surface area contributed by atoms with Crippen LogP contribution in [0.4, 0.5) is 4.39 Å².